The van der Waals surface area contributed by atoms with Gasteiger partial charge in [-0.25, -0.2) is 0 Å². The van der Waals surface area contributed by atoms with Crippen LogP contribution in [0.25, 0.3) is 0 Å². The molecule has 0 spiro atoms. The molecule has 2 fully saturated rings. The van der Waals surface area contributed by atoms with Crippen molar-refractivity contribution in [1.29, 1.82) is 0 Å². The monoisotopic (exact) mass is 228 g/mol. The lowest BCUT2D eigenvalue weighted by atomic mass is 10.0. The second kappa shape index (κ2) is 10.1. The molecule has 0 aromatic carbocycles. The summed E-state index contributed by atoms with van der Waals surface area (Å²) in [5.41, 5.74) is 0. The van der Waals surface area contributed by atoms with Gasteiger partial charge in [-0.15, -0.1) is 0 Å². The number of nitrogens with zero attached hydrogens (tertiary/aromatic N) is 2. The Kier molecular flexibility index (Phi) is 10.0. The van der Waals surface area contributed by atoms with Crippen molar-refractivity contribution in [2.45, 2.75) is 59.4 Å². The number of hydrogen-bond acceptors (Lipinski definition) is 2. The van der Waals surface area contributed by atoms with Crippen LogP contribution in [0.15, 0.2) is 0 Å². The highest BCUT2D eigenvalue weighted by molar-refractivity contribution is 4.81. The van der Waals surface area contributed by atoms with E-state index >= 15 is 0 Å². The number of piperidine rings is 1. The molecule has 0 amide bonds. The Morgan fingerprint density at radius 3 is 1.62 bits per heavy atom. The van der Waals surface area contributed by atoms with E-state index in [1.165, 1.54) is 51.9 Å². The normalized spacial score (nSPS) is 23.1. The molecule has 2 saturated heterocycles. The molecule has 0 aliphatic carbocycles. The van der Waals surface area contributed by atoms with E-state index in [2.05, 4.69) is 16.8 Å². The van der Waals surface area contributed by atoms with Gasteiger partial charge in [0.25, 0.3) is 0 Å². The molecule has 2 aliphatic rings. The summed E-state index contributed by atoms with van der Waals surface area (Å²) in [6.07, 6.45) is 5.67. The van der Waals surface area contributed by atoms with E-state index in [9.17, 15) is 0 Å². The lowest BCUT2D eigenvalue weighted by Gasteiger charge is -2.34. The van der Waals surface area contributed by atoms with E-state index in [-0.39, 0.29) is 0 Å². The molecule has 0 saturated carbocycles. The van der Waals surface area contributed by atoms with Crippen molar-refractivity contribution in [3.63, 3.8) is 0 Å². The average Bonchev–Trinajstić information content (AvgIpc) is 2.89. The van der Waals surface area contributed by atoms with Crippen LogP contribution in [0.4, 0.5) is 0 Å². The first-order chi connectivity index (χ1) is 7.86. The van der Waals surface area contributed by atoms with Crippen LogP contribution in [-0.4, -0.2) is 49.1 Å². The molecule has 0 radical (unpaired) electrons. The maximum absolute atomic E-state index is 2.70. The van der Waals surface area contributed by atoms with Crippen LogP contribution in [-0.2, 0) is 0 Å². The summed E-state index contributed by atoms with van der Waals surface area (Å²) in [6, 6.07) is 0.920. The van der Waals surface area contributed by atoms with Crippen molar-refractivity contribution in [3.05, 3.63) is 0 Å². The van der Waals surface area contributed by atoms with Crippen molar-refractivity contribution >= 4 is 0 Å². The standard InChI is InChI=1S/C10H20N2.2C2H6/c1-11-8-4-10(5-9-11)12-6-2-3-7-12;2*1-2/h10H,2-9H2,1H3;2*1-2H3. The molecule has 2 heterocycles. The van der Waals surface area contributed by atoms with Crippen molar-refractivity contribution in [2.75, 3.05) is 33.2 Å². The zero-order valence-corrected chi connectivity index (χ0v) is 12.1. The van der Waals surface area contributed by atoms with Crippen LogP contribution in [0.3, 0.4) is 0 Å². The summed E-state index contributed by atoms with van der Waals surface area (Å²) in [5, 5.41) is 0. The maximum Gasteiger partial charge on any atom is 0.0120 e. The Morgan fingerprint density at radius 1 is 0.750 bits per heavy atom. The Morgan fingerprint density at radius 2 is 1.19 bits per heavy atom. The molecular formula is C14H32N2. The molecule has 2 heteroatoms. The summed E-state index contributed by atoms with van der Waals surface area (Å²) in [5.74, 6) is 0. The van der Waals surface area contributed by atoms with Crippen LogP contribution in [0, 0.1) is 0 Å². The first-order valence-corrected chi connectivity index (χ1v) is 7.29. The number of rotatable bonds is 1. The highest BCUT2D eigenvalue weighted by Crippen LogP contribution is 2.19. The molecule has 0 N–H and O–H groups in total. The summed E-state index contributed by atoms with van der Waals surface area (Å²) in [6.45, 7) is 13.4. The van der Waals surface area contributed by atoms with Gasteiger partial charge in [0.05, 0.1) is 0 Å². The highest BCUT2D eigenvalue weighted by Gasteiger charge is 2.24. The zero-order chi connectivity index (χ0) is 12.4. The number of hydrogen-bond donors (Lipinski definition) is 0. The first kappa shape index (κ1) is 15.9. The van der Waals surface area contributed by atoms with Gasteiger partial charge in [0, 0.05) is 6.04 Å². The molecular weight excluding hydrogens is 196 g/mol. The van der Waals surface area contributed by atoms with Gasteiger partial charge in [-0.3, -0.25) is 0 Å². The second-order valence-electron chi connectivity index (χ2n) is 4.28. The van der Waals surface area contributed by atoms with Gasteiger partial charge in [-0.1, -0.05) is 27.7 Å². The Bertz CT molecular complexity index is 134. The second-order valence-corrected chi connectivity index (χ2v) is 4.28. The van der Waals surface area contributed by atoms with E-state index in [0.29, 0.717) is 0 Å². The Hall–Kier alpha value is -0.0800. The van der Waals surface area contributed by atoms with Crippen molar-refractivity contribution in [1.82, 2.24) is 9.80 Å². The third-order valence-corrected chi connectivity index (χ3v) is 3.35. The van der Waals surface area contributed by atoms with Gasteiger partial charge in [-0.2, -0.15) is 0 Å². The van der Waals surface area contributed by atoms with Crippen molar-refractivity contribution in [2.24, 2.45) is 0 Å². The Labute approximate surface area is 103 Å². The minimum atomic E-state index is 0.920. The van der Waals surface area contributed by atoms with Crippen LogP contribution < -0.4 is 0 Å². The quantitative estimate of drug-likeness (QED) is 0.680. The summed E-state index contributed by atoms with van der Waals surface area (Å²) in [4.78, 5) is 5.15. The predicted molar refractivity (Wildman–Crippen MR) is 74.0 cm³/mol. The van der Waals surface area contributed by atoms with Crippen LogP contribution >= 0.6 is 0 Å². The molecule has 2 aliphatic heterocycles. The summed E-state index contributed by atoms with van der Waals surface area (Å²) < 4.78 is 0. The molecule has 0 bridgehead atoms. The summed E-state index contributed by atoms with van der Waals surface area (Å²) in [7, 11) is 2.24. The molecule has 98 valence electrons. The zero-order valence-electron chi connectivity index (χ0n) is 12.1. The lowest BCUT2D eigenvalue weighted by Crippen LogP contribution is -2.42. The highest BCUT2D eigenvalue weighted by atomic mass is 15.2. The fourth-order valence-corrected chi connectivity index (χ4v) is 2.47. The van der Waals surface area contributed by atoms with Crippen LogP contribution in [0.5, 0.6) is 0 Å². The lowest BCUT2D eigenvalue weighted by molar-refractivity contribution is 0.143. The van der Waals surface area contributed by atoms with E-state index in [1.54, 1.807) is 0 Å². The van der Waals surface area contributed by atoms with Crippen LogP contribution in [0.2, 0.25) is 0 Å². The van der Waals surface area contributed by atoms with Gasteiger partial charge in [0.1, 0.15) is 0 Å². The minimum Gasteiger partial charge on any atom is -0.306 e. The van der Waals surface area contributed by atoms with E-state index in [4.69, 9.17) is 0 Å². The molecule has 0 aromatic rings. The molecule has 16 heavy (non-hydrogen) atoms. The molecule has 0 unspecified atom stereocenters. The third-order valence-electron chi connectivity index (χ3n) is 3.35. The van der Waals surface area contributed by atoms with Crippen molar-refractivity contribution < 1.29 is 0 Å². The minimum absolute atomic E-state index is 0.920. The van der Waals surface area contributed by atoms with Gasteiger partial charge >= 0.3 is 0 Å². The first-order valence-electron chi connectivity index (χ1n) is 7.29. The SMILES string of the molecule is CC.CC.CN1CCC(N2CCCC2)CC1. The maximum atomic E-state index is 2.70. The van der Waals surface area contributed by atoms with Crippen molar-refractivity contribution in [3.8, 4) is 0 Å². The molecule has 2 nitrogen and oxygen atoms in total. The van der Waals surface area contributed by atoms with E-state index < -0.39 is 0 Å². The van der Waals surface area contributed by atoms with Gasteiger partial charge in [0.2, 0.25) is 0 Å². The topological polar surface area (TPSA) is 6.48 Å². The third kappa shape index (κ3) is 5.31. The fraction of sp³-hybridized carbons (Fsp3) is 1.00. The average molecular weight is 228 g/mol. The smallest absolute Gasteiger partial charge is 0.0120 e. The largest absolute Gasteiger partial charge is 0.306 e. The fourth-order valence-electron chi connectivity index (χ4n) is 2.47. The van der Waals surface area contributed by atoms with E-state index in [1.807, 2.05) is 27.7 Å². The van der Waals surface area contributed by atoms with E-state index in [0.717, 1.165) is 6.04 Å². The van der Waals surface area contributed by atoms with Gasteiger partial charge in [0.15, 0.2) is 0 Å². The Balaban J connectivity index is 0.000000509. The van der Waals surface area contributed by atoms with Gasteiger partial charge in [-0.05, 0) is 58.9 Å². The number of likely N-dealkylation sites (tertiary alicyclic amines) is 2. The molecule has 0 atom stereocenters. The summed E-state index contributed by atoms with van der Waals surface area (Å²) >= 11 is 0. The molecule has 2 rings (SSSR count). The van der Waals surface area contributed by atoms with Crippen LogP contribution in [0.1, 0.15) is 53.4 Å². The van der Waals surface area contributed by atoms with Gasteiger partial charge < -0.3 is 9.80 Å². The predicted octanol–water partition coefficient (Wildman–Crippen LogP) is 3.23. The molecule has 0 aromatic heterocycles.